The summed E-state index contributed by atoms with van der Waals surface area (Å²) in [7, 11) is 1.71. The Morgan fingerprint density at radius 1 is 1.29 bits per heavy atom. The van der Waals surface area contributed by atoms with Gasteiger partial charge in [-0.2, -0.15) is 0 Å². The molecule has 0 fully saturated rings. The summed E-state index contributed by atoms with van der Waals surface area (Å²) >= 11 is 1.77. The Balaban J connectivity index is 2.37. The van der Waals surface area contributed by atoms with Gasteiger partial charge < -0.3 is 10.1 Å². The van der Waals surface area contributed by atoms with Crippen molar-refractivity contribution in [1.82, 2.24) is 10.3 Å². The summed E-state index contributed by atoms with van der Waals surface area (Å²) in [6.07, 6.45) is 1.02. The van der Waals surface area contributed by atoms with E-state index in [0.29, 0.717) is 5.92 Å². The Bertz CT molecular complexity index is 578. The third-order valence-electron chi connectivity index (χ3n) is 3.25. The Morgan fingerprint density at radius 3 is 2.71 bits per heavy atom. The first-order chi connectivity index (χ1) is 10.2. The third kappa shape index (κ3) is 4.05. The van der Waals surface area contributed by atoms with E-state index in [4.69, 9.17) is 9.72 Å². The van der Waals surface area contributed by atoms with E-state index in [-0.39, 0.29) is 0 Å². The van der Waals surface area contributed by atoms with Crippen molar-refractivity contribution in [3.63, 3.8) is 0 Å². The lowest BCUT2D eigenvalue weighted by Gasteiger charge is -2.05. The average molecular weight is 304 g/mol. The summed E-state index contributed by atoms with van der Waals surface area (Å²) in [4.78, 5) is 6.22. The number of thiazole rings is 1. The maximum absolute atomic E-state index is 5.46. The van der Waals surface area contributed by atoms with Gasteiger partial charge in [-0.25, -0.2) is 4.98 Å². The molecule has 0 saturated carbocycles. The molecule has 0 spiro atoms. The largest absolute Gasteiger partial charge is 0.496 e. The molecule has 0 bridgehead atoms. The second kappa shape index (κ2) is 7.57. The molecule has 0 saturated heterocycles. The van der Waals surface area contributed by atoms with Crippen molar-refractivity contribution in [2.24, 2.45) is 5.92 Å². The molecule has 0 radical (unpaired) electrons. The van der Waals surface area contributed by atoms with Gasteiger partial charge in [-0.15, -0.1) is 11.3 Å². The van der Waals surface area contributed by atoms with E-state index in [9.17, 15) is 0 Å². The lowest BCUT2D eigenvalue weighted by atomic mass is 10.1. The SMILES string of the molecule is CCNCc1sc(-c2ccccc2OC)nc1CC(C)C. The summed E-state index contributed by atoms with van der Waals surface area (Å²) in [5.41, 5.74) is 2.30. The van der Waals surface area contributed by atoms with Gasteiger partial charge in [0, 0.05) is 11.4 Å². The van der Waals surface area contributed by atoms with Gasteiger partial charge in [0.05, 0.1) is 18.4 Å². The van der Waals surface area contributed by atoms with Crippen LogP contribution < -0.4 is 10.1 Å². The maximum Gasteiger partial charge on any atom is 0.129 e. The van der Waals surface area contributed by atoms with Crippen LogP contribution in [0.15, 0.2) is 24.3 Å². The molecular weight excluding hydrogens is 280 g/mol. The van der Waals surface area contributed by atoms with Crippen LogP contribution in [0, 0.1) is 5.92 Å². The molecule has 114 valence electrons. The highest BCUT2D eigenvalue weighted by molar-refractivity contribution is 7.15. The van der Waals surface area contributed by atoms with Crippen LogP contribution in [-0.2, 0) is 13.0 Å². The summed E-state index contributed by atoms with van der Waals surface area (Å²) in [5.74, 6) is 1.50. The molecule has 1 heterocycles. The number of nitrogens with zero attached hydrogens (tertiary/aromatic N) is 1. The molecule has 3 nitrogen and oxygen atoms in total. The highest BCUT2D eigenvalue weighted by atomic mass is 32.1. The monoisotopic (exact) mass is 304 g/mol. The zero-order valence-corrected chi connectivity index (χ0v) is 14.1. The molecule has 2 aromatic rings. The molecule has 0 atom stereocenters. The van der Waals surface area contributed by atoms with Crippen LogP contribution in [0.2, 0.25) is 0 Å². The summed E-state index contributed by atoms with van der Waals surface area (Å²) in [6, 6.07) is 8.09. The van der Waals surface area contributed by atoms with E-state index < -0.39 is 0 Å². The first-order valence-corrected chi connectivity index (χ1v) is 8.30. The molecule has 0 unspecified atom stereocenters. The normalized spacial score (nSPS) is 11.1. The fourth-order valence-corrected chi connectivity index (χ4v) is 3.33. The molecule has 4 heteroatoms. The van der Waals surface area contributed by atoms with Gasteiger partial charge in [0.15, 0.2) is 0 Å². The van der Waals surface area contributed by atoms with Crippen LogP contribution in [0.1, 0.15) is 31.3 Å². The Morgan fingerprint density at radius 2 is 2.05 bits per heavy atom. The minimum Gasteiger partial charge on any atom is -0.496 e. The average Bonchev–Trinajstić information content (AvgIpc) is 2.87. The third-order valence-corrected chi connectivity index (χ3v) is 4.38. The van der Waals surface area contributed by atoms with E-state index in [1.807, 2.05) is 18.2 Å². The molecule has 0 aliphatic carbocycles. The van der Waals surface area contributed by atoms with Crippen molar-refractivity contribution >= 4 is 11.3 Å². The number of nitrogens with one attached hydrogen (secondary N) is 1. The number of methoxy groups -OCH3 is 1. The lowest BCUT2D eigenvalue weighted by molar-refractivity contribution is 0.416. The van der Waals surface area contributed by atoms with Crippen LogP contribution >= 0.6 is 11.3 Å². The van der Waals surface area contributed by atoms with Gasteiger partial charge in [0.25, 0.3) is 0 Å². The second-order valence-electron chi connectivity index (χ2n) is 5.47. The predicted molar refractivity (Wildman–Crippen MR) is 90.0 cm³/mol. The number of ether oxygens (including phenoxy) is 1. The first-order valence-electron chi connectivity index (χ1n) is 7.48. The number of benzene rings is 1. The van der Waals surface area contributed by atoms with Crippen molar-refractivity contribution < 1.29 is 4.74 Å². The highest BCUT2D eigenvalue weighted by Gasteiger charge is 2.15. The molecule has 0 aliphatic rings. The summed E-state index contributed by atoms with van der Waals surface area (Å²) in [6.45, 7) is 8.47. The van der Waals surface area contributed by atoms with Gasteiger partial charge in [-0.3, -0.25) is 0 Å². The van der Waals surface area contributed by atoms with E-state index in [0.717, 1.165) is 35.8 Å². The molecule has 1 N–H and O–H groups in total. The number of aromatic nitrogens is 1. The number of rotatable bonds is 7. The minimum atomic E-state index is 0.609. The smallest absolute Gasteiger partial charge is 0.129 e. The van der Waals surface area contributed by atoms with Crippen molar-refractivity contribution in [3.8, 4) is 16.3 Å². The standard InChI is InChI=1S/C17H24N2OS/c1-5-18-11-16-14(10-12(2)3)19-17(21-16)13-8-6-7-9-15(13)20-4/h6-9,12,18H,5,10-11H2,1-4H3. The van der Waals surface area contributed by atoms with Crippen molar-refractivity contribution in [3.05, 3.63) is 34.8 Å². The number of hydrogen-bond donors (Lipinski definition) is 1. The highest BCUT2D eigenvalue weighted by Crippen LogP contribution is 2.35. The van der Waals surface area contributed by atoms with E-state index in [1.54, 1.807) is 18.4 Å². The Labute approximate surface area is 131 Å². The van der Waals surface area contributed by atoms with Crippen molar-refractivity contribution in [2.45, 2.75) is 33.7 Å². The molecule has 0 aliphatic heterocycles. The van der Waals surface area contributed by atoms with Crippen LogP contribution in [-0.4, -0.2) is 18.6 Å². The molecule has 1 aromatic heterocycles. The summed E-state index contributed by atoms with van der Waals surface area (Å²) in [5, 5.41) is 4.46. The van der Waals surface area contributed by atoms with Crippen LogP contribution in [0.3, 0.4) is 0 Å². The molecule has 2 rings (SSSR count). The van der Waals surface area contributed by atoms with Gasteiger partial charge in [-0.05, 0) is 31.0 Å². The van der Waals surface area contributed by atoms with Crippen molar-refractivity contribution in [2.75, 3.05) is 13.7 Å². The van der Waals surface area contributed by atoms with Gasteiger partial charge >= 0.3 is 0 Å². The number of para-hydroxylation sites is 1. The Kier molecular flexibility index (Phi) is 5.76. The van der Waals surface area contributed by atoms with E-state index in [2.05, 4.69) is 32.2 Å². The van der Waals surface area contributed by atoms with E-state index in [1.165, 1.54) is 10.6 Å². The van der Waals surface area contributed by atoms with Gasteiger partial charge in [-0.1, -0.05) is 32.9 Å². The first kappa shape index (κ1) is 16.0. The zero-order chi connectivity index (χ0) is 15.2. The topological polar surface area (TPSA) is 34.1 Å². The summed E-state index contributed by atoms with van der Waals surface area (Å²) < 4.78 is 5.46. The molecule has 1 aromatic carbocycles. The molecule has 0 amide bonds. The van der Waals surface area contributed by atoms with Crippen molar-refractivity contribution in [1.29, 1.82) is 0 Å². The molecular formula is C17H24N2OS. The quantitative estimate of drug-likeness (QED) is 0.835. The fraction of sp³-hybridized carbons (Fsp3) is 0.471. The number of hydrogen-bond acceptors (Lipinski definition) is 4. The van der Waals surface area contributed by atoms with Crippen LogP contribution in [0.25, 0.3) is 10.6 Å². The van der Waals surface area contributed by atoms with Crippen LogP contribution in [0.5, 0.6) is 5.75 Å². The second-order valence-corrected chi connectivity index (χ2v) is 6.55. The fourth-order valence-electron chi connectivity index (χ4n) is 2.24. The zero-order valence-electron chi connectivity index (χ0n) is 13.3. The van der Waals surface area contributed by atoms with Crippen LogP contribution in [0.4, 0.5) is 0 Å². The van der Waals surface area contributed by atoms with E-state index >= 15 is 0 Å². The van der Waals surface area contributed by atoms with Gasteiger partial charge in [0.2, 0.25) is 0 Å². The maximum atomic E-state index is 5.46. The lowest BCUT2D eigenvalue weighted by Crippen LogP contribution is -2.12. The predicted octanol–water partition coefficient (Wildman–Crippen LogP) is 4.13. The Hall–Kier alpha value is -1.39. The minimum absolute atomic E-state index is 0.609. The molecule has 21 heavy (non-hydrogen) atoms. The van der Waals surface area contributed by atoms with Gasteiger partial charge in [0.1, 0.15) is 10.8 Å².